The lowest BCUT2D eigenvalue weighted by atomic mass is 9.92. The first kappa shape index (κ1) is 21.4. The Balaban J connectivity index is 2.02. The SMILES string of the molecule is COC(=O)[C@H]1C[C@@H](CP(=O)(OC)OC)CCN1C(=O)OCc1ccccc1. The van der Waals surface area contributed by atoms with Gasteiger partial charge in [-0.25, -0.2) is 9.59 Å². The standard InChI is InChI=1S/C18H26NO7P/c1-23-17(20)16-11-15(13-27(22,24-2)25-3)9-10-19(16)18(21)26-12-14-7-5-4-6-8-14/h4-8,15-16H,9-13H2,1-3H3/t15-,16+/m0/s1. The van der Waals surface area contributed by atoms with Crippen molar-refractivity contribution in [2.75, 3.05) is 34.0 Å². The van der Waals surface area contributed by atoms with Gasteiger partial charge in [0.25, 0.3) is 0 Å². The van der Waals surface area contributed by atoms with Gasteiger partial charge in [-0.15, -0.1) is 0 Å². The topological polar surface area (TPSA) is 91.4 Å². The highest BCUT2D eigenvalue weighted by Crippen LogP contribution is 2.49. The molecule has 2 atom stereocenters. The first-order valence-corrected chi connectivity index (χ1v) is 10.4. The van der Waals surface area contributed by atoms with Crippen molar-refractivity contribution in [1.29, 1.82) is 0 Å². The predicted octanol–water partition coefficient (Wildman–Crippen LogP) is 3.06. The highest BCUT2D eigenvalue weighted by molar-refractivity contribution is 7.53. The van der Waals surface area contributed by atoms with E-state index in [0.29, 0.717) is 19.4 Å². The zero-order valence-corrected chi connectivity index (χ0v) is 16.7. The van der Waals surface area contributed by atoms with Gasteiger partial charge >= 0.3 is 19.7 Å². The number of carbonyl (C=O) groups excluding carboxylic acids is 2. The van der Waals surface area contributed by atoms with Gasteiger partial charge in [-0.1, -0.05) is 30.3 Å². The van der Waals surface area contributed by atoms with E-state index in [1.165, 1.54) is 26.2 Å². The Morgan fingerprint density at radius 3 is 2.41 bits per heavy atom. The van der Waals surface area contributed by atoms with Crippen LogP contribution in [0, 0.1) is 5.92 Å². The molecule has 2 rings (SSSR count). The Morgan fingerprint density at radius 2 is 1.81 bits per heavy atom. The van der Waals surface area contributed by atoms with Crippen molar-refractivity contribution in [1.82, 2.24) is 4.90 Å². The molecule has 1 aliphatic heterocycles. The summed E-state index contributed by atoms with van der Waals surface area (Å²) in [5.41, 5.74) is 0.858. The normalized spacial score (nSPS) is 20.2. The van der Waals surface area contributed by atoms with Crippen LogP contribution in [-0.2, 0) is 34.5 Å². The van der Waals surface area contributed by atoms with Crippen LogP contribution >= 0.6 is 7.60 Å². The lowest BCUT2D eigenvalue weighted by Crippen LogP contribution is -2.51. The summed E-state index contributed by atoms with van der Waals surface area (Å²) in [6, 6.07) is 8.50. The summed E-state index contributed by atoms with van der Waals surface area (Å²) in [6.07, 6.45) is 0.476. The molecule has 1 fully saturated rings. The molecular formula is C18H26NO7P. The molecule has 1 heterocycles. The van der Waals surface area contributed by atoms with Gasteiger partial charge < -0.3 is 18.5 Å². The van der Waals surface area contributed by atoms with Crippen LogP contribution < -0.4 is 0 Å². The third kappa shape index (κ3) is 5.79. The molecule has 0 radical (unpaired) electrons. The molecular weight excluding hydrogens is 373 g/mol. The second kappa shape index (κ2) is 9.88. The van der Waals surface area contributed by atoms with Crippen LogP contribution in [0.2, 0.25) is 0 Å². The molecule has 27 heavy (non-hydrogen) atoms. The minimum absolute atomic E-state index is 0.0991. The van der Waals surface area contributed by atoms with Gasteiger partial charge in [-0.2, -0.15) is 0 Å². The summed E-state index contributed by atoms with van der Waals surface area (Å²) in [5, 5.41) is 0. The number of esters is 1. The number of benzene rings is 1. The maximum atomic E-state index is 12.5. The first-order chi connectivity index (χ1) is 12.9. The lowest BCUT2D eigenvalue weighted by Gasteiger charge is -2.37. The van der Waals surface area contributed by atoms with Gasteiger partial charge in [0.15, 0.2) is 0 Å². The van der Waals surface area contributed by atoms with Crippen LogP contribution in [0.3, 0.4) is 0 Å². The molecule has 0 N–H and O–H groups in total. The average Bonchev–Trinajstić information content (AvgIpc) is 2.72. The maximum absolute atomic E-state index is 12.5. The third-order valence-corrected chi connectivity index (χ3v) is 6.74. The average molecular weight is 399 g/mol. The fourth-order valence-corrected chi connectivity index (χ4v) is 4.54. The van der Waals surface area contributed by atoms with Crippen molar-refractivity contribution in [2.24, 2.45) is 5.92 Å². The predicted molar refractivity (Wildman–Crippen MR) is 98.4 cm³/mol. The smallest absolute Gasteiger partial charge is 0.410 e. The largest absolute Gasteiger partial charge is 0.467 e. The minimum Gasteiger partial charge on any atom is -0.467 e. The van der Waals surface area contributed by atoms with E-state index in [4.69, 9.17) is 18.5 Å². The second-order valence-electron chi connectivity index (χ2n) is 6.32. The molecule has 1 amide bonds. The Hall–Kier alpha value is -1.89. The molecule has 8 nitrogen and oxygen atoms in total. The van der Waals surface area contributed by atoms with Crippen molar-refractivity contribution in [3.8, 4) is 0 Å². The van der Waals surface area contributed by atoms with Crippen LogP contribution in [0.25, 0.3) is 0 Å². The van der Waals surface area contributed by atoms with Crippen molar-refractivity contribution in [2.45, 2.75) is 25.5 Å². The van der Waals surface area contributed by atoms with E-state index in [1.54, 1.807) is 0 Å². The van der Waals surface area contributed by atoms with E-state index in [2.05, 4.69) is 0 Å². The van der Waals surface area contributed by atoms with Crippen LogP contribution in [0.1, 0.15) is 18.4 Å². The summed E-state index contributed by atoms with van der Waals surface area (Å²) >= 11 is 0. The number of likely N-dealkylation sites (tertiary alicyclic amines) is 1. The van der Waals surface area contributed by atoms with Crippen molar-refractivity contribution in [3.05, 3.63) is 35.9 Å². The highest BCUT2D eigenvalue weighted by atomic mass is 31.2. The Bertz CT molecular complexity index is 674. The maximum Gasteiger partial charge on any atom is 0.410 e. The van der Waals surface area contributed by atoms with Crippen LogP contribution in [0.4, 0.5) is 4.79 Å². The quantitative estimate of drug-likeness (QED) is 0.514. The molecule has 0 spiro atoms. The third-order valence-electron chi connectivity index (χ3n) is 4.66. The zero-order chi connectivity index (χ0) is 19.9. The fraction of sp³-hybridized carbons (Fsp3) is 0.556. The molecule has 1 aromatic rings. The fourth-order valence-electron chi connectivity index (χ4n) is 3.12. The number of carbonyl (C=O) groups is 2. The second-order valence-corrected chi connectivity index (χ2v) is 8.64. The van der Waals surface area contributed by atoms with Gasteiger partial charge in [-0.05, 0) is 24.3 Å². The summed E-state index contributed by atoms with van der Waals surface area (Å²) in [7, 11) is 0.738. The number of nitrogens with zero attached hydrogens (tertiary/aromatic N) is 1. The summed E-state index contributed by atoms with van der Waals surface area (Å²) < 4.78 is 32.5. The molecule has 1 aromatic carbocycles. The van der Waals surface area contributed by atoms with Gasteiger partial charge in [0.1, 0.15) is 12.6 Å². The number of methoxy groups -OCH3 is 1. The van der Waals surface area contributed by atoms with Crippen molar-refractivity contribution < 1.29 is 32.7 Å². The molecule has 0 aliphatic carbocycles. The number of hydrogen-bond acceptors (Lipinski definition) is 7. The van der Waals surface area contributed by atoms with Gasteiger partial charge in [0.05, 0.1) is 13.3 Å². The molecule has 0 bridgehead atoms. The zero-order valence-electron chi connectivity index (χ0n) is 15.8. The molecule has 0 unspecified atom stereocenters. The number of hydrogen-bond donors (Lipinski definition) is 0. The van der Waals surface area contributed by atoms with E-state index in [9.17, 15) is 14.2 Å². The van der Waals surface area contributed by atoms with E-state index in [1.807, 2.05) is 30.3 Å². The molecule has 150 valence electrons. The van der Waals surface area contributed by atoms with Crippen molar-refractivity contribution in [3.63, 3.8) is 0 Å². The molecule has 1 saturated heterocycles. The van der Waals surface area contributed by atoms with E-state index in [0.717, 1.165) is 5.56 Å². The number of piperidine rings is 1. The van der Waals surface area contributed by atoms with Gasteiger partial charge in [0, 0.05) is 20.8 Å². The molecule has 0 saturated carbocycles. The van der Waals surface area contributed by atoms with Crippen LogP contribution in [0.5, 0.6) is 0 Å². The van der Waals surface area contributed by atoms with E-state index in [-0.39, 0.29) is 18.7 Å². The Labute approximate surface area is 159 Å². The lowest BCUT2D eigenvalue weighted by molar-refractivity contribution is -0.148. The van der Waals surface area contributed by atoms with Crippen LogP contribution in [-0.4, -0.2) is 57.0 Å². The Kier molecular flexibility index (Phi) is 7.83. The molecule has 9 heteroatoms. The van der Waals surface area contributed by atoms with E-state index >= 15 is 0 Å². The highest BCUT2D eigenvalue weighted by Gasteiger charge is 2.40. The number of rotatable bonds is 7. The van der Waals surface area contributed by atoms with E-state index < -0.39 is 25.7 Å². The molecule has 1 aliphatic rings. The monoisotopic (exact) mass is 399 g/mol. The van der Waals surface area contributed by atoms with Crippen molar-refractivity contribution >= 4 is 19.7 Å². The number of amides is 1. The minimum atomic E-state index is -3.20. The summed E-state index contributed by atoms with van der Waals surface area (Å²) in [6.45, 7) is 0.418. The number of ether oxygens (including phenoxy) is 2. The Morgan fingerprint density at radius 1 is 1.15 bits per heavy atom. The van der Waals surface area contributed by atoms with Gasteiger partial charge in [0.2, 0.25) is 0 Å². The molecule has 0 aromatic heterocycles. The van der Waals surface area contributed by atoms with Gasteiger partial charge in [-0.3, -0.25) is 9.46 Å². The first-order valence-electron chi connectivity index (χ1n) is 8.68. The summed E-state index contributed by atoms with van der Waals surface area (Å²) in [5.74, 6) is -0.626. The summed E-state index contributed by atoms with van der Waals surface area (Å²) in [4.78, 5) is 26.1. The van der Waals surface area contributed by atoms with Crippen LogP contribution in [0.15, 0.2) is 30.3 Å².